The Morgan fingerprint density at radius 3 is 2.94 bits per heavy atom. The standard InChI is InChI=1S/C13H17F2NOS/c14-12-4-3-11(8-13(12)15)18-7-5-16-9-10-2-1-6-17-10/h3-4,8,10,16H,1-2,5-7,9H2. The Hall–Kier alpha value is -0.650. The van der Waals surface area contributed by atoms with Crippen LogP contribution in [0.15, 0.2) is 23.1 Å². The SMILES string of the molecule is Fc1ccc(SCCNCC2CCCO2)cc1F. The van der Waals surface area contributed by atoms with Crippen molar-refractivity contribution in [1.29, 1.82) is 0 Å². The van der Waals surface area contributed by atoms with E-state index in [1.165, 1.54) is 17.8 Å². The normalized spacial score (nSPS) is 19.3. The number of halogens is 2. The summed E-state index contributed by atoms with van der Waals surface area (Å²) in [5, 5.41) is 3.31. The number of hydrogen-bond donors (Lipinski definition) is 1. The van der Waals surface area contributed by atoms with E-state index >= 15 is 0 Å². The number of rotatable bonds is 6. The molecular formula is C13H17F2NOS. The molecule has 1 N–H and O–H groups in total. The van der Waals surface area contributed by atoms with Crippen molar-refractivity contribution in [3.05, 3.63) is 29.8 Å². The van der Waals surface area contributed by atoms with E-state index in [2.05, 4.69) is 5.32 Å². The summed E-state index contributed by atoms with van der Waals surface area (Å²) in [6.45, 7) is 2.58. The lowest BCUT2D eigenvalue weighted by Crippen LogP contribution is -2.27. The fraction of sp³-hybridized carbons (Fsp3) is 0.538. The molecule has 1 atom stereocenters. The van der Waals surface area contributed by atoms with E-state index in [1.54, 1.807) is 6.07 Å². The predicted molar refractivity (Wildman–Crippen MR) is 68.9 cm³/mol. The van der Waals surface area contributed by atoms with E-state index in [4.69, 9.17) is 4.74 Å². The quantitative estimate of drug-likeness (QED) is 0.636. The summed E-state index contributed by atoms with van der Waals surface area (Å²) in [4.78, 5) is 0.757. The van der Waals surface area contributed by atoms with Crippen LogP contribution in [0.5, 0.6) is 0 Å². The monoisotopic (exact) mass is 273 g/mol. The highest BCUT2D eigenvalue weighted by Crippen LogP contribution is 2.19. The summed E-state index contributed by atoms with van der Waals surface area (Å²) in [7, 11) is 0. The molecule has 1 saturated heterocycles. The molecule has 100 valence electrons. The first-order valence-electron chi connectivity index (χ1n) is 6.16. The number of ether oxygens (including phenoxy) is 1. The van der Waals surface area contributed by atoms with Crippen LogP contribution in [0.4, 0.5) is 8.78 Å². The Morgan fingerprint density at radius 2 is 2.22 bits per heavy atom. The Balaban J connectivity index is 1.61. The average Bonchev–Trinajstić information content (AvgIpc) is 2.86. The fourth-order valence-electron chi connectivity index (χ4n) is 1.88. The summed E-state index contributed by atoms with van der Waals surface area (Å²) in [5.74, 6) is -0.749. The maximum atomic E-state index is 12.9. The van der Waals surface area contributed by atoms with E-state index in [9.17, 15) is 8.78 Å². The van der Waals surface area contributed by atoms with Gasteiger partial charge >= 0.3 is 0 Å². The molecule has 0 aromatic heterocycles. The van der Waals surface area contributed by atoms with Crippen LogP contribution in [0.2, 0.25) is 0 Å². The molecule has 1 aromatic rings. The number of hydrogen-bond acceptors (Lipinski definition) is 3. The second-order valence-corrected chi connectivity index (χ2v) is 5.43. The van der Waals surface area contributed by atoms with Gasteiger partial charge in [-0.2, -0.15) is 0 Å². The first-order chi connectivity index (χ1) is 8.75. The average molecular weight is 273 g/mol. The minimum atomic E-state index is -0.796. The van der Waals surface area contributed by atoms with Crippen molar-refractivity contribution in [2.24, 2.45) is 0 Å². The zero-order valence-corrected chi connectivity index (χ0v) is 10.9. The van der Waals surface area contributed by atoms with Crippen LogP contribution in [-0.2, 0) is 4.74 Å². The van der Waals surface area contributed by atoms with Crippen molar-refractivity contribution in [3.63, 3.8) is 0 Å². The highest BCUT2D eigenvalue weighted by Gasteiger charge is 2.14. The summed E-state index contributed by atoms with van der Waals surface area (Å²) < 4.78 is 31.1. The maximum absolute atomic E-state index is 12.9. The lowest BCUT2D eigenvalue weighted by molar-refractivity contribution is 0.110. The Labute approximate surface area is 110 Å². The summed E-state index contributed by atoms with van der Waals surface area (Å²) in [5.41, 5.74) is 0. The molecule has 1 aromatic carbocycles. The van der Waals surface area contributed by atoms with Crippen molar-refractivity contribution in [3.8, 4) is 0 Å². The van der Waals surface area contributed by atoms with Gasteiger partial charge in [0.15, 0.2) is 11.6 Å². The summed E-state index contributed by atoms with van der Waals surface area (Å²) >= 11 is 1.52. The molecular weight excluding hydrogens is 256 g/mol. The van der Waals surface area contributed by atoms with Crippen LogP contribution in [0.3, 0.4) is 0 Å². The number of nitrogens with one attached hydrogen (secondary N) is 1. The smallest absolute Gasteiger partial charge is 0.159 e. The molecule has 1 unspecified atom stereocenters. The molecule has 2 nitrogen and oxygen atoms in total. The second-order valence-electron chi connectivity index (χ2n) is 4.26. The van der Waals surface area contributed by atoms with Crippen molar-refractivity contribution in [2.45, 2.75) is 23.8 Å². The van der Waals surface area contributed by atoms with Gasteiger partial charge in [0.05, 0.1) is 6.10 Å². The van der Waals surface area contributed by atoms with Gasteiger partial charge in [-0.25, -0.2) is 8.78 Å². The van der Waals surface area contributed by atoms with Crippen molar-refractivity contribution in [2.75, 3.05) is 25.4 Å². The number of thioether (sulfide) groups is 1. The lowest BCUT2D eigenvalue weighted by atomic mass is 10.2. The third kappa shape index (κ3) is 4.23. The largest absolute Gasteiger partial charge is 0.377 e. The zero-order chi connectivity index (χ0) is 12.8. The van der Waals surface area contributed by atoms with Crippen LogP contribution >= 0.6 is 11.8 Å². The maximum Gasteiger partial charge on any atom is 0.159 e. The number of benzene rings is 1. The van der Waals surface area contributed by atoms with E-state index < -0.39 is 11.6 Å². The molecule has 0 amide bonds. The highest BCUT2D eigenvalue weighted by atomic mass is 32.2. The van der Waals surface area contributed by atoms with Crippen molar-refractivity contribution < 1.29 is 13.5 Å². The Bertz CT molecular complexity index is 383. The molecule has 0 saturated carbocycles. The van der Waals surface area contributed by atoms with Crippen LogP contribution < -0.4 is 5.32 Å². The third-order valence-corrected chi connectivity index (χ3v) is 3.83. The molecule has 0 aliphatic carbocycles. The van der Waals surface area contributed by atoms with E-state index in [0.717, 1.165) is 49.3 Å². The lowest BCUT2D eigenvalue weighted by Gasteiger charge is -2.10. The molecule has 2 rings (SSSR count). The molecule has 1 heterocycles. The minimum absolute atomic E-state index is 0.346. The first-order valence-corrected chi connectivity index (χ1v) is 7.14. The van der Waals surface area contributed by atoms with Crippen LogP contribution in [-0.4, -0.2) is 31.6 Å². The summed E-state index contributed by atoms with van der Waals surface area (Å²) in [6, 6.07) is 4.00. The van der Waals surface area contributed by atoms with E-state index in [-0.39, 0.29) is 0 Å². The van der Waals surface area contributed by atoms with Gasteiger partial charge in [-0.15, -0.1) is 11.8 Å². The van der Waals surface area contributed by atoms with Gasteiger partial charge in [0, 0.05) is 30.3 Å². The van der Waals surface area contributed by atoms with E-state index in [1.807, 2.05) is 0 Å². The second kappa shape index (κ2) is 7.07. The van der Waals surface area contributed by atoms with Crippen LogP contribution in [0.1, 0.15) is 12.8 Å². The van der Waals surface area contributed by atoms with Crippen LogP contribution in [0.25, 0.3) is 0 Å². The van der Waals surface area contributed by atoms with Gasteiger partial charge in [-0.3, -0.25) is 0 Å². The highest BCUT2D eigenvalue weighted by molar-refractivity contribution is 7.99. The van der Waals surface area contributed by atoms with Gasteiger partial charge in [0.2, 0.25) is 0 Å². The van der Waals surface area contributed by atoms with Gasteiger partial charge in [0.1, 0.15) is 0 Å². The van der Waals surface area contributed by atoms with Crippen molar-refractivity contribution in [1.82, 2.24) is 5.32 Å². The van der Waals surface area contributed by atoms with Gasteiger partial charge < -0.3 is 10.1 Å². The van der Waals surface area contributed by atoms with Gasteiger partial charge in [0.25, 0.3) is 0 Å². The molecule has 1 fully saturated rings. The zero-order valence-electron chi connectivity index (χ0n) is 10.1. The minimum Gasteiger partial charge on any atom is -0.377 e. The van der Waals surface area contributed by atoms with E-state index in [0.29, 0.717) is 6.10 Å². The molecule has 0 radical (unpaired) electrons. The van der Waals surface area contributed by atoms with Gasteiger partial charge in [-0.1, -0.05) is 0 Å². The third-order valence-electron chi connectivity index (χ3n) is 2.83. The predicted octanol–water partition coefficient (Wildman–Crippen LogP) is 2.83. The Kier molecular flexibility index (Phi) is 5.41. The van der Waals surface area contributed by atoms with Gasteiger partial charge in [-0.05, 0) is 31.0 Å². The fourth-order valence-corrected chi connectivity index (χ4v) is 2.71. The summed E-state index contributed by atoms with van der Waals surface area (Å²) in [6.07, 6.45) is 2.62. The molecule has 18 heavy (non-hydrogen) atoms. The van der Waals surface area contributed by atoms with Crippen LogP contribution in [0, 0.1) is 11.6 Å². The first kappa shape index (κ1) is 13.8. The molecule has 5 heteroatoms. The molecule has 0 bridgehead atoms. The van der Waals surface area contributed by atoms with Crippen molar-refractivity contribution >= 4 is 11.8 Å². The Morgan fingerprint density at radius 1 is 1.33 bits per heavy atom. The molecule has 1 aliphatic rings. The molecule has 1 aliphatic heterocycles. The topological polar surface area (TPSA) is 21.3 Å². The molecule has 0 spiro atoms.